The van der Waals surface area contributed by atoms with E-state index >= 15 is 0 Å². The van der Waals surface area contributed by atoms with Crippen molar-refractivity contribution >= 4 is 17.2 Å². The molecule has 0 aromatic carbocycles. The van der Waals surface area contributed by atoms with Gasteiger partial charge in [0.1, 0.15) is 0 Å². The van der Waals surface area contributed by atoms with E-state index in [4.69, 9.17) is 0 Å². The molecule has 1 amide bonds. The fourth-order valence-corrected chi connectivity index (χ4v) is 3.81. The maximum atomic E-state index is 12.5. The van der Waals surface area contributed by atoms with Crippen LogP contribution >= 0.6 is 11.3 Å². The van der Waals surface area contributed by atoms with E-state index < -0.39 is 0 Å². The second kappa shape index (κ2) is 6.65. The third kappa shape index (κ3) is 2.95. The SMILES string of the molecule is CCC(CC)NC(=O)[C@@H]1CCc2[nH]nc(-c3ccsc3)c2C1. The van der Waals surface area contributed by atoms with Gasteiger partial charge in [0.25, 0.3) is 0 Å². The Morgan fingerprint density at radius 2 is 2.32 bits per heavy atom. The number of aromatic amines is 1. The van der Waals surface area contributed by atoms with E-state index in [1.54, 1.807) is 11.3 Å². The maximum absolute atomic E-state index is 12.5. The number of hydrogen-bond acceptors (Lipinski definition) is 3. The molecule has 118 valence electrons. The number of H-pyrrole nitrogens is 1. The first-order valence-corrected chi connectivity index (χ1v) is 9.06. The minimum absolute atomic E-state index is 0.0723. The summed E-state index contributed by atoms with van der Waals surface area (Å²) in [6.07, 6.45) is 4.60. The number of nitrogens with one attached hydrogen (secondary N) is 2. The number of thiophene rings is 1. The fraction of sp³-hybridized carbons (Fsp3) is 0.529. The molecule has 5 heteroatoms. The molecule has 1 aliphatic rings. The van der Waals surface area contributed by atoms with Crippen molar-refractivity contribution in [1.82, 2.24) is 15.5 Å². The van der Waals surface area contributed by atoms with Gasteiger partial charge in [-0.15, -0.1) is 0 Å². The van der Waals surface area contributed by atoms with Gasteiger partial charge in [-0.25, -0.2) is 0 Å². The van der Waals surface area contributed by atoms with E-state index in [0.29, 0.717) is 6.04 Å². The van der Waals surface area contributed by atoms with Crippen molar-refractivity contribution < 1.29 is 4.79 Å². The average molecular weight is 317 g/mol. The highest BCUT2D eigenvalue weighted by Crippen LogP contribution is 2.33. The summed E-state index contributed by atoms with van der Waals surface area (Å²) < 4.78 is 0. The lowest BCUT2D eigenvalue weighted by molar-refractivity contribution is -0.126. The zero-order chi connectivity index (χ0) is 15.5. The standard InChI is InChI=1S/C17H23N3OS/c1-3-13(4-2)18-17(21)11-5-6-15-14(9-11)16(20-19-15)12-7-8-22-10-12/h7-8,10-11,13H,3-6,9H2,1-2H3,(H,18,21)(H,19,20)/t11-/m1/s1. The fourth-order valence-electron chi connectivity index (χ4n) is 3.17. The molecule has 0 bridgehead atoms. The van der Waals surface area contributed by atoms with Gasteiger partial charge in [0.05, 0.1) is 5.69 Å². The van der Waals surface area contributed by atoms with Crippen LogP contribution in [0.1, 0.15) is 44.4 Å². The highest BCUT2D eigenvalue weighted by molar-refractivity contribution is 7.08. The van der Waals surface area contributed by atoms with Gasteiger partial charge < -0.3 is 5.32 Å². The Balaban J connectivity index is 1.76. The average Bonchev–Trinajstić information content (AvgIpc) is 3.20. The molecular weight excluding hydrogens is 294 g/mol. The first-order valence-electron chi connectivity index (χ1n) is 8.12. The largest absolute Gasteiger partial charge is 0.353 e. The molecule has 2 N–H and O–H groups in total. The number of nitrogens with zero attached hydrogens (tertiary/aromatic N) is 1. The van der Waals surface area contributed by atoms with Crippen molar-refractivity contribution in [3.05, 3.63) is 28.1 Å². The van der Waals surface area contributed by atoms with Crippen molar-refractivity contribution in [3.8, 4) is 11.3 Å². The van der Waals surface area contributed by atoms with E-state index in [-0.39, 0.29) is 11.8 Å². The normalized spacial score (nSPS) is 17.5. The highest BCUT2D eigenvalue weighted by Gasteiger charge is 2.29. The molecule has 0 saturated heterocycles. The van der Waals surface area contributed by atoms with Crippen molar-refractivity contribution in [2.45, 2.75) is 52.0 Å². The van der Waals surface area contributed by atoms with Crippen LogP contribution in [0.15, 0.2) is 16.8 Å². The topological polar surface area (TPSA) is 57.8 Å². The third-order valence-corrected chi connectivity index (χ3v) is 5.33. The number of amides is 1. The Morgan fingerprint density at radius 3 is 3.00 bits per heavy atom. The zero-order valence-corrected chi connectivity index (χ0v) is 14.0. The smallest absolute Gasteiger partial charge is 0.223 e. The van der Waals surface area contributed by atoms with Gasteiger partial charge in [-0.1, -0.05) is 13.8 Å². The van der Waals surface area contributed by atoms with E-state index in [1.165, 1.54) is 11.3 Å². The van der Waals surface area contributed by atoms with Gasteiger partial charge in [-0.3, -0.25) is 9.89 Å². The molecule has 1 aliphatic carbocycles. The van der Waals surface area contributed by atoms with Crippen LogP contribution in [0, 0.1) is 5.92 Å². The van der Waals surface area contributed by atoms with Crippen LogP contribution in [0.2, 0.25) is 0 Å². The molecule has 1 atom stereocenters. The third-order valence-electron chi connectivity index (χ3n) is 4.64. The second-order valence-electron chi connectivity index (χ2n) is 6.00. The van der Waals surface area contributed by atoms with Crippen LogP contribution < -0.4 is 5.32 Å². The van der Waals surface area contributed by atoms with E-state index in [1.807, 2.05) is 0 Å². The number of hydrogen-bond donors (Lipinski definition) is 2. The van der Waals surface area contributed by atoms with E-state index in [0.717, 1.165) is 43.4 Å². The van der Waals surface area contributed by atoms with Gasteiger partial charge >= 0.3 is 0 Å². The molecule has 2 aromatic heterocycles. The van der Waals surface area contributed by atoms with Crippen LogP contribution in [-0.4, -0.2) is 22.1 Å². The molecule has 2 heterocycles. The van der Waals surface area contributed by atoms with Crippen LogP contribution in [0.3, 0.4) is 0 Å². The molecule has 0 radical (unpaired) electrons. The predicted octanol–water partition coefficient (Wildman–Crippen LogP) is 3.55. The Bertz CT molecular complexity index is 628. The second-order valence-corrected chi connectivity index (χ2v) is 6.78. The zero-order valence-electron chi connectivity index (χ0n) is 13.2. The van der Waals surface area contributed by atoms with Gasteiger partial charge in [-0.05, 0) is 43.6 Å². The number of aromatic nitrogens is 2. The molecule has 3 rings (SSSR count). The molecule has 22 heavy (non-hydrogen) atoms. The molecule has 2 aromatic rings. The first kappa shape index (κ1) is 15.3. The lowest BCUT2D eigenvalue weighted by Gasteiger charge is -2.24. The molecule has 0 aliphatic heterocycles. The van der Waals surface area contributed by atoms with Crippen LogP contribution in [0.4, 0.5) is 0 Å². The maximum Gasteiger partial charge on any atom is 0.223 e. The van der Waals surface area contributed by atoms with Gasteiger partial charge in [0.2, 0.25) is 5.91 Å². The summed E-state index contributed by atoms with van der Waals surface area (Å²) in [6.45, 7) is 4.25. The van der Waals surface area contributed by atoms with Crippen LogP contribution in [0.5, 0.6) is 0 Å². The summed E-state index contributed by atoms with van der Waals surface area (Å²) in [5, 5.41) is 15.0. The molecule has 4 nitrogen and oxygen atoms in total. The summed E-state index contributed by atoms with van der Waals surface area (Å²) in [5.74, 6) is 0.278. The quantitative estimate of drug-likeness (QED) is 0.886. The first-order chi connectivity index (χ1) is 10.7. The minimum atomic E-state index is 0.0723. The Hall–Kier alpha value is -1.62. The van der Waals surface area contributed by atoms with Crippen molar-refractivity contribution in [1.29, 1.82) is 0 Å². The Labute approximate surface area is 135 Å². The predicted molar refractivity (Wildman–Crippen MR) is 89.9 cm³/mol. The molecular formula is C17H23N3OS. The minimum Gasteiger partial charge on any atom is -0.353 e. The lowest BCUT2D eigenvalue weighted by atomic mass is 9.85. The molecule has 0 unspecified atom stereocenters. The monoisotopic (exact) mass is 317 g/mol. The van der Waals surface area contributed by atoms with Gasteiger partial charge in [-0.2, -0.15) is 16.4 Å². The summed E-state index contributed by atoms with van der Waals surface area (Å²) in [6, 6.07) is 2.39. The molecule has 0 saturated carbocycles. The van der Waals surface area contributed by atoms with Crippen molar-refractivity contribution in [2.24, 2.45) is 5.92 Å². The lowest BCUT2D eigenvalue weighted by Crippen LogP contribution is -2.40. The Morgan fingerprint density at radius 1 is 1.50 bits per heavy atom. The number of aryl methyl sites for hydroxylation is 1. The number of carbonyl (C=O) groups excluding carboxylic acids is 1. The summed E-state index contributed by atoms with van der Waals surface area (Å²) >= 11 is 1.68. The molecule has 0 spiro atoms. The van der Waals surface area contributed by atoms with Crippen LogP contribution in [-0.2, 0) is 17.6 Å². The van der Waals surface area contributed by atoms with Gasteiger partial charge in [0.15, 0.2) is 0 Å². The summed E-state index contributed by atoms with van der Waals surface area (Å²) in [7, 11) is 0. The van der Waals surface area contributed by atoms with Crippen molar-refractivity contribution in [3.63, 3.8) is 0 Å². The Kier molecular flexibility index (Phi) is 4.62. The number of rotatable bonds is 5. The summed E-state index contributed by atoms with van der Waals surface area (Å²) in [5.41, 5.74) is 4.61. The van der Waals surface area contributed by atoms with Gasteiger partial charge in [0, 0.05) is 34.2 Å². The summed E-state index contributed by atoms with van der Waals surface area (Å²) in [4.78, 5) is 12.5. The number of carbonyl (C=O) groups is 1. The van der Waals surface area contributed by atoms with Crippen LogP contribution in [0.25, 0.3) is 11.3 Å². The highest BCUT2D eigenvalue weighted by atomic mass is 32.1. The van der Waals surface area contributed by atoms with Crippen molar-refractivity contribution in [2.75, 3.05) is 0 Å². The van der Waals surface area contributed by atoms with E-state index in [2.05, 4.69) is 46.2 Å². The molecule has 0 fully saturated rings. The van der Waals surface area contributed by atoms with E-state index in [9.17, 15) is 4.79 Å². The number of fused-ring (bicyclic) bond motifs is 1.